The number of rotatable bonds is 6. The van der Waals surface area contributed by atoms with Crippen molar-refractivity contribution >= 4 is 29.4 Å². The van der Waals surface area contributed by atoms with E-state index in [9.17, 15) is 4.79 Å². The van der Waals surface area contributed by atoms with Crippen molar-refractivity contribution in [3.8, 4) is 5.75 Å². The van der Waals surface area contributed by atoms with Crippen LogP contribution >= 0.6 is 11.8 Å². The number of carbonyl (C=O) groups is 1. The first-order valence-corrected chi connectivity index (χ1v) is 7.13. The highest BCUT2D eigenvalue weighted by atomic mass is 32.2. The average molecular weight is 308 g/mol. The molecule has 0 bridgehead atoms. The van der Waals surface area contributed by atoms with Crippen molar-refractivity contribution in [1.29, 1.82) is 0 Å². The third kappa shape index (κ3) is 3.46. The van der Waals surface area contributed by atoms with Crippen LogP contribution in [0, 0.1) is 0 Å². The summed E-state index contributed by atoms with van der Waals surface area (Å²) in [6, 6.07) is 7.56. The van der Waals surface area contributed by atoms with Gasteiger partial charge in [-0.05, 0) is 24.3 Å². The normalized spacial score (nSPS) is 10.4. The predicted molar refractivity (Wildman–Crippen MR) is 80.4 cm³/mol. The minimum atomic E-state index is -0.881. The van der Waals surface area contributed by atoms with Crippen molar-refractivity contribution < 1.29 is 14.6 Å². The number of anilines is 2. The number of benzene rings is 1. The Hall–Kier alpha value is -2.22. The largest absolute Gasteiger partial charge is 0.497 e. The van der Waals surface area contributed by atoms with Gasteiger partial charge in [-0.3, -0.25) is 9.36 Å². The lowest BCUT2D eigenvalue weighted by molar-refractivity contribution is -0.133. The Morgan fingerprint density at radius 2 is 2.05 bits per heavy atom. The van der Waals surface area contributed by atoms with Gasteiger partial charge in [-0.25, -0.2) is 0 Å². The first-order chi connectivity index (χ1) is 10.0. The molecule has 1 aromatic heterocycles. The van der Waals surface area contributed by atoms with E-state index in [2.05, 4.69) is 10.2 Å². The van der Waals surface area contributed by atoms with Gasteiger partial charge in [-0.15, -0.1) is 10.2 Å². The number of hydrogen-bond donors (Lipinski definition) is 1. The molecular weight excluding hydrogens is 292 g/mol. The molecule has 0 atom stereocenters. The number of hydrogen-bond acceptors (Lipinski definition) is 6. The van der Waals surface area contributed by atoms with Crippen molar-refractivity contribution in [2.45, 2.75) is 5.16 Å². The monoisotopic (exact) mass is 308 g/mol. The van der Waals surface area contributed by atoms with Crippen LogP contribution in [-0.4, -0.2) is 45.8 Å². The zero-order valence-electron chi connectivity index (χ0n) is 12.0. The van der Waals surface area contributed by atoms with Crippen molar-refractivity contribution in [2.24, 2.45) is 7.05 Å². The molecular formula is C13H16N4O3S. The first-order valence-electron chi connectivity index (χ1n) is 6.14. The molecule has 1 aromatic carbocycles. The molecule has 21 heavy (non-hydrogen) atoms. The molecule has 0 aliphatic heterocycles. The lowest BCUT2D eigenvalue weighted by Gasteiger charge is -2.18. The molecule has 0 saturated carbocycles. The van der Waals surface area contributed by atoms with E-state index >= 15 is 0 Å². The lowest BCUT2D eigenvalue weighted by atomic mass is 10.3. The van der Waals surface area contributed by atoms with Crippen molar-refractivity contribution in [1.82, 2.24) is 14.8 Å². The molecule has 0 aliphatic carbocycles. The summed E-state index contributed by atoms with van der Waals surface area (Å²) in [7, 11) is 5.30. The van der Waals surface area contributed by atoms with Crippen LogP contribution in [-0.2, 0) is 11.8 Å². The molecule has 7 nitrogen and oxygen atoms in total. The number of carboxylic acid groups (broad SMARTS) is 1. The van der Waals surface area contributed by atoms with Crippen molar-refractivity contribution in [2.75, 3.05) is 24.8 Å². The molecule has 8 heteroatoms. The second-order valence-electron chi connectivity index (χ2n) is 4.28. The van der Waals surface area contributed by atoms with E-state index in [4.69, 9.17) is 9.84 Å². The van der Waals surface area contributed by atoms with Crippen LogP contribution < -0.4 is 9.64 Å². The molecule has 0 spiro atoms. The Bertz CT molecular complexity index is 627. The maximum atomic E-state index is 10.6. The highest BCUT2D eigenvalue weighted by molar-refractivity contribution is 7.99. The summed E-state index contributed by atoms with van der Waals surface area (Å²) in [4.78, 5) is 12.5. The molecule has 0 radical (unpaired) electrons. The van der Waals surface area contributed by atoms with E-state index in [1.165, 1.54) is 0 Å². The highest BCUT2D eigenvalue weighted by Crippen LogP contribution is 2.26. The predicted octanol–water partition coefficient (Wildman–Crippen LogP) is 1.77. The minimum absolute atomic E-state index is 0.0434. The Morgan fingerprint density at radius 3 is 2.62 bits per heavy atom. The van der Waals surface area contributed by atoms with Crippen LogP contribution in [0.15, 0.2) is 29.4 Å². The van der Waals surface area contributed by atoms with Crippen LogP contribution in [0.4, 0.5) is 11.6 Å². The average Bonchev–Trinajstić information content (AvgIpc) is 2.85. The molecule has 2 aromatic rings. The summed E-state index contributed by atoms with van der Waals surface area (Å²) in [6.45, 7) is 0. The SMILES string of the molecule is COc1ccc(N(C)c2nnc(SCC(=O)O)n2C)cc1. The second kappa shape index (κ2) is 6.49. The number of methoxy groups -OCH3 is 1. The summed E-state index contributed by atoms with van der Waals surface area (Å²) in [5.41, 5.74) is 0.932. The maximum Gasteiger partial charge on any atom is 0.313 e. The first kappa shape index (κ1) is 15.2. The molecule has 0 amide bonds. The summed E-state index contributed by atoms with van der Waals surface area (Å²) in [5.74, 6) is 0.488. The third-order valence-corrected chi connectivity index (χ3v) is 3.90. The van der Waals surface area contributed by atoms with E-state index in [1.54, 1.807) is 18.7 Å². The molecule has 0 fully saturated rings. The number of carboxylic acids is 1. The Balaban J connectivity index is 2.18. The molecule has 0 aliphatic rings. The maximum absolute atomic E-state index is 10.6. The molecule has 0 saturated heterocycles. The molecule has 1 N–H and O–H groups in total. The van der Waals surface area contributed by atoms with E-state index in [0.29, 0.717) is 11.1 Å². The smallest absolute Gasteiger partial charge is 0.313 e. The number of nitrogens with zero attached hydrogens (tertiary/aromatic N) is 4. The number of ether oxygens (including phenoxy) is 1. The highest BCUT2D eigenvalue weighted by Gasteiger charge is 2.15. The van der Waals surface area contributed by atoms with Gasteiger partial charge in [0.2, 0.25) is 5.95 Å². The quantitative estimate of drug-likeness (QED) is 0.814. The van der Waals surface area contributed by atoms with E-state index in [0.717, 1.165) is 23.2 Å². The van der Waals surface area contributed by atoms with Gasteiger partial charge in [0, 0.05) is 19.8 Å². The molecule has 1 heterocycles. The van der Waals surface area contributed by atoms with Crippen LogP contribution in [0.3, 0.4) is 0 Å². The zero-order valence-corrected chi connectivity index (χ0v) is 12.8. The van der Waals surface area contributed by atoms with Gasteiger partial charge in [-0.2, -0.15) is 0 Å². The summed E-state index contributed by atoms with van der Waals surface area (Å²) in [6.07, 6.45) is 0. The second-order valence-corrected chi connectivity index (χ2v) is 5.22. The Morgan fingerprint density at radius 1 is 1.38 bits per heavy atom. The zero-order chi connectivity index (χ0) is 15.4. The van der Waals surface area contributed by atoms with Gasteiger partial charge in [0.05, 0.1) is 12.9 Å². The number of thioether (sulfide) groups is 1. The number of aromatic nitrogens is 3. The van der Waals surface area contributed by atoms with E-state index < -0.39 is 5.97 Å². The molecule has 0 unspecified atom stereocenters. The molecule has 2 rings (SSSR count). The lowest BCUT2D eigenvalue weighted by Crippen LogP contribution is -2.14. The minimum Gasteiger partial charge on any atom is -0.497 e. The van der Waals surface area contributed by atoms with Crippen LogP contribution in [0.5, 0.6) is 5.75 Å². The standard InChI is InChI=1S/C13H16N4O3S/c1-16(9-4-6-10(20-3)7-5-9)12-14-15-13(17(12)2)21-8-11(18)19/h4-7H,8H2,1-3H3,(H,18,19). The van der Waals surface area contributed by atoms with E-state index in [1.807, 2.05) is 36.2 Å². The summed E-state index contributed by atoms with van der Waals surface area (Å²) >= 11 is 1.14. The fourth-order valence-corrected chi connectivity index (χ4v) is 2.40. The van der Waals surface area contributed by atoms with Crippen LogP contribution in [0.2, 0.25) is 0 Å². The fourth-order valence-electron chi connectivity index (χ4n) is 1.77. The van der Waals surface area contributed by atoms with Gasteiger partial charge < -0.3 is 14.7 Å². The molecule has 112 valence electrons. The Kier molecular flexibility index (Phi) is 4.69. The van der Waals surface area contributed by atoms with Gasteiger partial charge >= 0.3 is 5.97 Å². The van der Waals surface area contributed by atoms with Crippen LogP contribution in [0.25, 0.3) is 0 Å². The van der Waals surface area contributed by atoms with Crippen molar-refractivity contribution in [3.63, 3.8) is 0 Å². The van der Waals surface area contributed by atoms with Gasteiger partial charge in [0.25, 0.3) is 0 Å². The Labute approximate surface area is 126 Å². The summed E-state index contributed by atoms with van der Waals surface area (Å²) < 4.78 is 6.89. The van der Waals surface area contributed by atoms with Crippen LogP contribution in [0.1, 0.15) is 0 Å². The van der Waals surface area contributed by atoms with Gasteiger partial charge in [0.15, 0.2) is 5.16 Å². The van der Waals surface area contributed by atoms with Gasteiger partial charge in [-0.1, -0.05) is 11.8 Å². The van der Waals surface area contributed by atoms with Gasteiger partial charge in [0.1, 0.15) is 5.75 Å². The van der Waals surface area contributed by atoms with Crippen molar-refractivity contribution in [3.05, 3.63) is 24.3 Å². The third-order valence-electron chi connectivity index (χ3n) is 2.90. The fraction of sp³-hybridized carbons (Fsp3) is 0.308. The topological polar surface area (TPSA) is 80.5 Å². The van der Waals surface area contributed by atoms with E-state index in [-0.39, 0.29) is 5.75 Å². The summed E-state index contributed by atoms with van der Waals surface area (Å²) in [5, 5.41) is 17.4. The number of aliphatic carboxylic acids is 1.